The van der Waals surface area contributed by atoms with Crippen molar-refractivity contribution in [2.24, 2.45) is 22.6 Å². The Labute approximate surface area is 98.9 Å². The molecule has 0 bridgehead atoms. The highest BCUT2D eigenvalue weighted by atomic mass is 16.5. The van der Waals surface area contributed by atoms with Gasteiger partial charge in [0, 0.05) is 26.7 Å². The molecule has 1 rings (SSSR count). The van der Waals surface area contributed by atoms with Gasteiger partial charge in [0.25, 0.3) is 0 Å². The van der Waals surface area contributed by atoms with Crippen molar-refractivity contribution in [2.75, 3.05) is 26.7 Å². The fraction of sp³-hybridized carbons (Fsp3) is 0.917. The van der Waals surface area contributed by atoms with Gasteiger partial charge < -0.3 is 15.4 Å². The van der Waals surface area contributed by atoms with Crippen molar-refractivity contribution >= 4 is 5.96 Å². The van der Waals surface area contributed by atoms with E-state index in [1.807, 2.05) is 0 Å². The predicted octanol–water partition coefficient (Wildman–Crippen LogP) is 1.31. The molecular weight excluding hydrogens is 202 g/mol. The lowest BCUT2D eigenvalue weighted by Gasteiger charge is -2.36. The van der Waals surface area contributed by atoms with E-state index in [1.54, 1.807) is 7.11 Å². The van der Waals surface area contributed by atoms with E-state index >= 15 is 0 Å². The molecular formula is C12H25N3O. The minimum absolute atomic E-state index is 0.279. The van der Waals surface area contributed by atoms with Gasteiger partial charge in [-0.3, -0.25) is 4.99 Å². The third-order valence-electron chi connectivity index (χ3n) is 3.13. The minimum Gasteiger partial charge on any atom is -0.379 e. The number of methoxy groups -OCH3 is 1. The van der Waals surface area contributed by atoms with Gasteiger partial charge in [-0.25, -0.2) is 0 Å². The van der Waals surface area contributed by atoms with Crippen LogP contribution in [0.2, 0.25) is 0 Å². The standard InChI is InChI=1S/C12H25N3O/c1-9(2)7-14-12(13)15-6-5-10(3)11(8-15)16-4/h9-11H,5-8H2,1-4H3,(H2,13,14). The summed E-state index contributed by atoms with van der Waals surface area (Å²) in [6.07, 6.45) is 1.40. The Bertz CT molecular complexity index is 240. The maximum absolute atomic E-state index is 5.98. The number of likely N-dealkylation sites (tertiary alicyclic amines) is 1. The van der Waals surface area contributed by atoms with E-state index in [0.29, 0.717) is 17.8 Å². The van der Waals surface area contributed by atoms with Gasteiger partial charge >= 0.3 is 0 Å². The van der Waals surface area contributed by atoms with E-state index in [0.717, 1.165) is 26.1 Å². The molecule has 1 saturated heterocycles. The zero-order valence-electron chi connectivity index (χ0n) is 10.9. The molecule has 1 fully saturated rings. The number of hydrogen-bond donors (Lipinski definition) is 1. The molecule has 2 unspecified atom stereocenters. The van der Waals surface area contributed by atoms with Crippen LogP contribution in [-0.4, -0.2) is 43.7 Å². The van der Waals surface area contributed by atoms with Crippen molar-refractivity contribution < 1.29 is 4.74 Å². The van der Waals surface area contributed by atoms with E-state index in [2.05, 4.69) is 30.7 Å². The lowest BCUT2D eigenvalue weighted by atomic mass is 9.96. The molecule has 0 aromatic rings. The van der Waals surface area contributed by atoms with Crippen LogP contribution < -0.4 is 5.73 Å². The summed E-state index contributed by atoms with van der Waals surface area (Å²) in [5, 5.41) is 0. The summed E-state index contributed by atoms with van der Waals surface area (Å²) in [4.78, 5) is 6.54. The molecule has 1 aliphatic heterocycles. The molecule has 0 aromatic carbocycles. The summed E-state index contributed by atoms with van der Waals surface area (Å²) in [7, 11) is 1.77. The Kier molecular flexibility index (Phi) is 5.06. The molecule has 0 aromatic heterocycles. The number of guanidine groups is 1. The number of aliphatic imine (C=N–C) groups is 1. The Balaban J connectivity index is 2.51. The van der Waals surface area contributed by atoms with Crippen LogP contribution in [0.25, 0.3) is 0 Å². The van der Waals surface area contributed by atoms with Crippen LogP contribution in [0, 0.1) is 11.8 Å². The molecule has 4 nitrogen and oxygen atoms in total. The molecule has 1 aliphatic rings. The Morgan fingerprint density at radius 1 is 1.56 bits per heavy atom. The summed E-state index contributed by atoms with van der Waals surface area (Å²) >= 11 is 0. The minimum atomic E-state index is 0.279. The molecule has 0 spiro atoms. The Hall–Kier alpha value is -0.770. The molecule has 4 heteroatoms. The van der Waals surface area contributed by atoms with Crippen LogP contribution in [0.5, 0.6) is 0 Å². The molecule has 2 N–H and O–H groups in total. The maximum Gasteiger partial charge on any atom is 0.191 e. The van der Waals surface area contributed by atoms with Crippen LogP contribution in [0.4, 0.5) is 0 Å². The van der Waals surface area contributed by atoms with Crippen molar-refractivity contribution in [1.82, 2.24) is 4.90 Å². The fourth-order valence-electron chi connectivity index (χ4n) is 1.92. The normalized spacial score (nSPS) is 27.6. The number of piperidine rings is 1. The van der Waals surface area contributed by atoms with Crippen molar-refractivity contribution in [3.05, 3.63) is 0 Å². The van der Waals surface area contributed by atoms with Crippen LogP contribution in [0.3, 0.4) is 0 Å². The summed E-state index contributed by atoms with van der Waals surface area (Å²) < 4.78 is 5.46. The first-order chi connectivity index (χ1) is 7.54. The van der Waals surface area contributed by atoms with Crippen molar-refractivity contribution in [3.63, 3.8) is 0 Å². The molecule has 0 radical (unpaired) electrons. The predicted molar refractivity (Wildman–Crippen MR) is 67.5 cm³/mol. The number of rotatable bonds is 3. The second-order valence-corrected chi connectivity index (χ2v) is 5.08. The molecule has 0 saturated carbocycles. The van der Waals surface area contributed by atoms with Gasteiger partial charge in [0.05, 0.1) is 6.10 Å². The smallest absolute Gasteiger partial charge is 0.191 e. The van der Waals surface area contributed by atoms with E-state index in [9.17, 15) is 0 Å². The van der Waals surface area contributed by atoms with Crippen molar-refractivity contribution in [3.8, 4) is 0 Å². The van der Waals surface area contributed by atoms with E-state index in [-0.39, 0.29) is 6.10 Å². The van der Waals surface area contributed by atoms with Gasteiger partial charge in [0.1, 0.15) is 0 Å². The third-order valence-corrected chi connectivity index (χ3v) is 3.13. The first kappa shape index (κ1) is 13.3. The number of nitrogens with zero attached hydrogens (tertiary/aromatic N) is 2. The molecule has 0 aliphatic carbocycles. The first-order valence-electron chi connectivity index (χ1n) is 6.12. The Morgan fingerprint density at radius 2 is 2.25 bits per heavy atom. The average molecular weight is 227 g/mol. The zero-order valence-corrected chi connectivity index (χ0v) is 10.9. The van der Waals surface area contributed by atoms with Gasteiger partial charge in [0.2, 0.25) is 0 Å². The zero-order chi connectivity index (χ0) is 12.1. The third kappa shape index (κ3) is 3.67. The van der Waals surface area contributed by atoms with Gasteiger partial charge in [-0.2, -0.15) is 0 Å². The van der Waals surface area contributed by atoms with Gasteiger partial charge in [0.15, 0.2) is 5.96 Å². The number of ether oxygens (including phenoxy) is 1. The largest absolute Gasteiger partial charge is 0.379 e. The van der Waals surface area contributed by atoms with E-state index in [1.165, 1.54) is 0 Å². The topological polar surface area (TPSA) is 50.9 Å². The highest BCUT2D eigenvalue weighted by molar-refractivity contribution is 5.78. The van der Waals surface area contributed by atoms with Gasteiger partial charge in [-0.05, 0) is 18.3 Å². The van der Waals surface area contributed by atoms with Crippen molar-refractivity contribution in [1.29, 1.82) is 0 Å². The SMILES string of the molecule is COC1CN(C(N)=NCC(C)C)CCC1C. The molecule has 94 valence electrons. The highest BCUT2D eigenvalue weighted by Crippen LogP contribution is 2.19. The van der Waals surface area contributed by atoms with Crippen molar-refractivity contribution in [2.45, 2.75) is 33.3 Å². The van der Waals surface area contributed by atoms with E-state index < -0.39 is 0 Å². The summed E-state index contributed by atoms with van der Waals surface area (Å²) in [5.41, 5.74) is 5.98. The second-order valence-electron chi connectivity index (χ2n) is 5.08. The molecule has 1 heterocycles. The average Bonchev–Trinajstić information content (AvgIpc) is 2.26. The maximum atomic E-state index is 5.98. The first-order valence-corrected chi connectivity index (χ1v) is 6.12. The summed E-state index contributed by atoms with van der Waals surface area (Å²) in [6.45, 7) is 9.18. The van der Waals surface area contributed by atoms with Crippen LogP contribution in [-0.2, 0) is 4.74 Å². The van der Waals surface area contributed by atoms with Crippen LogP contribution >= 0.6 is 0 Å². The lowest BCUT2D eigenvalue weighted by Crippen LogP contribution is -2.49. The second kappa shape index (κ2) is 6.09. The molecule has 16 heavy (non-hydrogen) atoms. The Morgan fingerprint density at radius 3 is 2.81 bits per heavy atom. The fourth-order valence-corrected chi connectivity index (χ4v) is 1.92. The van der Waals surface area contributed by atoms with E-state index in [4.69, 9.17) is 10.5 Å². The highest BCUT2D eigenvalue weighted by Gasteiger charge is 2.26. The summed E-state index contributed by atoms with van der Waals surface area (Å²) in [6, 6.07) is 0. The van der Waals surface area contributed by atoms with Crippen LogP contribution in [0.1, 0.15) is 27.2 Å². The summed E-state index contributed by atoms with van der Waals surface area (Å²) in [5.74, 6) is 1.84. The molecule has 2 atom stereocenters. The van der Waals surface area contributed by atoms with Gasteiger partial charge in [-0.15, -0.1) is 0 Å². The quantitative estimate of drug-likeness (QED) is 0.584. The monoisotopic (exact) mass is 227 g/mol. The molecule has 0 amide bonds. The lowest BCUT2D eigenvalue weighted by molar-refractivity contribution is 0.0145. The number of hydrogen-bond acceptors (Lipinski definition) is 2. The van der Waals surface area contributed by atoms with Gasteiger partial charge in [-0.1, -0.05) is 20.8 Å². The van der Waals surface area contributed by atoms with Crippen LogP contribution in [0.15, 0.2) is 4.99 Å². The number of nitrogens with two attached hydrogens (primary N) is 1.